The van der Waals surface area contributed by atoms with E-state index in [0.717, 1.165) is 51.4 Å². The van der Waals surface area contributed by atoms with E-state index in [4.69, 9.17) is 12.3 Å². The van der Waals surface area contributed by atoms with Crippen molar-refractivity contribution in [1.82, 2.24) is 5.32 Å². The zero-order valence-electron chi connectivity index (χ0n) is 34.2. The maximum atomic E-state index is 12.4. The number of amides is 1. The smallest absolute Gasteiger partial charge is 0.249 e. The lowest BCUT2D eigenvalue weighted by molar-refractivity contribution is -0.131. The second-order valence-corrected chi connectivity index (χ2v) is 11.0. The summed E-state index contributed by atoms with van der Waals surface area (Å²) in [5.41, 5.74) is 0. The van der Waals surface area contributed by atoms with Gasteiger partial charge in [-0.1, -0.05) is 167 Å². The van der Waals surface area contributed by atoms with Crippen molar-refractivity contribution in [3.05, 3.63) is 12.2 Å². The maximum Gasteiger partial charge on any atom is 0.249 e. The average Bonchev–Trinajstić information content (AvgIpc) is 3.03. The van der Waals surface area contributed by atoms with Gasteiger partial charge in [-0.15, -0.1) is 0 Å². The van der Waals surface area contributed by atoms with E-state index in [1.165, 1.54) is 57.1 Å². The first kappa shape index (κ1) is 25.5. The predicted molar refractivity (Wildman–Crippen MR) is 168 cm³/mol. The van der Waals surface area contributed by atoms with Crippen LogP contribution in [-0.2, 0) is 4.79 Å². The minimum Gasteiger partial charge on any atom is -0.394 e. The molecule has 0 aliphatic rings. The normalized spacial score (nSPS) is 19.6. The van der Waals surface area contributed by atoms with Crippen LogP contribution in [0.5, 0.6) is 0 Å². The van der Waals surface area contributed by atoms with Gasteiger partial charge >= 0.3 is 0 Å². The summed E-state index contributed by atoms with van der Waals surface area (Å²) in [6.45, 7) is -1.61. The fourth-order valence-corrected chi connectivity index (χ4v) is 4.68. The summed E-state index contributed by atoms with van der Waals surface area (Å²) >= 11 is 0. The van der Waals surface area contributed by atoms with Crippen LogP contribution >= 0.6 is 0 Å². The van der Waals surface area contributed by atoms with Crippen molar-refractivity contribution < 1.29 is 37.6 Å². The van der Waals surface area contributed by atoms with Crippen molar-refractivity contribution in [3.63, 3.8) is 0 Å². The topological polar surface area (TPSA) is 110 Å². The molecular formula is C34H67NO5. The van der Waals surface area contributed by atoms with Crippen molar-refractivity contribution in [2.24, 2.45) is 0 Å². The fraction of sp³-hybridized carbons (Fsp3) is 0.912. The Kier molecular flexibility index (Phi) is 18.9. The predicted octanol–water partition coefficient (Wildman–Crippen LogP) is 7.50. The van der Waals surface area contributed by atoms with Gasteiger partial charge in [0, 0.05) is 12.3 Å². The molecule has 0 aliphatic heterocycles. The molecule has 0 aromatic rings. The molecule has 0 spiro atoms. The number of carbonyl (C=O) groups is 1. The third kappa shape index (κ3) is 24.8. The molecule has 0 bridgehead atoms. The summed E-state index contributed by atoms with van der Waals surface area (Å²) in [6.07, 6.45) is 8.51. The second kappa shape index (κ2) is 29.5. The molecule has 6 nitrogen and oxygen atoms in total. The van der Waals surface area contributed by atoms with Crippen molar-refractivity contribution in [2.45, 2.75) is 192 Å². The molecule has 0 fully saturated rings. The van der Waals surface area contributed by atoms with Gasteiger partial charge in [0.05, 0.1) is 24.9 Å². The van der Waals surface area contributed by atoms with Gasteiger partial charge in [-0.2, -0.15) is 0 Å². The zero-order valence-corrected chi connectivity index (χ0v) is 25.2. The number of unbranched alkanes of at least 4 members (excludes halogenated alkanes) is 16. The Labute approximate surface area is 260 Å². The van der Waals surface area contributed by atoms with E-state index in [2.05, 4.69) is 12.2 Å². The van der Waals surface area contributed by atoms with Gasteiger partial charge in [0.15, 0.2) is 0 Å². The van der Waals surface area contributed by atoms with Crippen LogP contribution in [0, 0.1) is 0 Å². The highest BCUT2D eigenvalue weighted by atomic mass is 16.3. The summed E-state index contributed by atoms with van der Waals surface area (Å²) < 4.78 is 68.9. The Morgan fingerprint density at radius 2 is 1.23 bits per heavy atom. The zero-order chi connectivity index (χ0) is 37.6. The van der Waals surface area contributed by atoms with E-state index in [1.807, 2.05) is 0 Å². The molecule has 0 unspecified atom stereocenters. The number of hydrogen-bond donors (Lipinski definition) is 5. The first-order valence-corrected chi connectivity index (χ1v) is 16.0. The lowest BCUT2D eigenvalue weighted by Crippen LogP contribution is -2.48. The molecule has 0 saturated heterocycles. The van der Waals surface area contributed by atoms with Gasteiger partial charge in [0.1, 0.15) is 6.10 Å². The van der Waals surface area contributed by atoms with Gasteiger partial charge in [0.2, 0.25) is 5.91 Å². The van der Waals surface area contributed by atoms with Gasteiger partial charge < -0.3 is 25.7 Å². The number of carbonyl (C=O) groups excluding carboxylic acids is 1. The molecular weight excluding hydrogens is 502 g/mol. The molecule has 4 atom stereocenters. The van der Waals surface area contributed by atoms with Crippen LogP contribution < -0.4 is 5.32 Å². The molecule has 6 heteroatoms. The van der Waals surface area contributed by atoms with Crippen LogP contribution in [0.15, 0.2) is 12.2 Å². The average molecular weight is 579 g/mol. The second-order valence-electron chi connectivity index (χ2n) is 11.0. The Balaban J connectivity index is 4.16. The van der Waals surface area contributed by atoms with Crippen molar-refractivity contribution >= 4 is 5.91 Å². The summed E-state index contributed by atoms with van der Waals surface area (Å²) in [7, 11) is 0. The monoisotopic (exact) mass is 579 g/mol. The molecule has 0 saturated carbocycles. The summed E-state index contributed by atoms with van der Waals surface area (Å²) in [5, 5.41) is 43.0. The number of rotatable bonds is 30. The largest absolute Gasteiger partial charge is 0.394 e. The Hall–Kier alpha value is -0.950. The Morgan fingerprint density at radius 3 is 1.75 bits per heavy atom. The molecule has 0 aromatic heterocycles. The third-order valence-corrected chi connectivity index (χ3v) is 7.30. The summed E-state index contributed by atoms with van der Waals surface area (Å²) in [5.74, 6) is -0.686. The van der Waals surface area contributed by atoms with Gasteiger partial charge in [-0.25, -0.2) is 0 Å². The van der Waals surface area contributed by atoms with Crippen molar-refractivity contribution in [3.8, 4) is 0 Å². The molecule has 0 aromatic carbocycles. The van der Waals surface area contributed by atoms with E-state index in [-0.39, 0.29) is 12.8 Å². The van der Waals surface area contributed by atoms with E-state index >= 15 is 0 Å². The summed E-state index contributed by atoms with van der Waals surface area (Å²) in [4.78, 5) is 12.4. The van der Waals surface area contributed by atoms with Crippen LogP contribution in [0.1, 0.15) is 180 Å². The van der Waals surface area contributed by atoms with E-state index in [0.29, 0.717) is 25.7 Å². The molecule has 5 N–H and O–H groups in total. The number of aliphatic hydroxyl groups excluding tert-OH is 4. The molecule has 40 heavy (non-hydrogen) atoms. The Morgan fingerprint density at radius 1 is 0.725 bits per heavy atom. The quantitative estimate of drug-likeness (QED) is 0.0448. The Bertz CT molecular complexity index is 891. The lowest BCUT2D eigenvalue weighted by atomic mass is 10.0. The molecule has 0 heterocycles. The number of aliphatic hydroxyl groups is 4. The highest BCUT2D eigenvalue weighted by Gasteiger charge is 2.22. The highest BCUT2D eigenvalue weighted by molar-refractivity contribution is 5.80. The van der Waals surface area contributed by atoms with Crippen LogP contribution in [0.3, 0.4) is 0 Å². The van der Waals surface area contributed by atoms with Gasteiger partial charge in [-0.05, 0) is 12.8 Å². The SMILES string of the molecule is [2H]C([2H])([2H])C([2H])([2H])C([2H])([2H])C([2H])([2H])CCCCCCCCCC[C@@H](O)C(=O)N[C@@H](CO)[C@H](O)/C=C/[C@H](O)CCCCCCCCCCCC. The van der Waals surface area contributed by atoms with Gasteiger partial charge in [-0.3, -0.25) is 4.79 Å². The third-order valence-electron chi connectivity index (χ3n) is 7.30. The van der Waals surface area contributed by atoms with Crippen LogP contribution in [0.4, 0.5) is 0 Å². The standard InChI is InChI=1S/C34H67NO5/c1-3-5-7-9-11-13-15-16-18-20-22-24-26-33(39)34(40)35-31(29-36)32(38)28-27-30(37)25-23-21-19-17-14-12-10-8-6-4-2/h27-28,30-33,36-39H,3-26,29H2,1-2H3,(H,35,40)/b28-27+/t30-,31+,32-,33-/m1/s1/i1D3,3D2,5D2,7D2. The minimum absolute atomic E-state index is 0.217. The lowest BCUT2D eigenvalue weighted by Gasteiger charge is -2.22. The molecule has 1 amide bonds. The van der Waals surface area contributed by atoms with Crippen LogP contribution in [0.2, 0.25) is 0 Å². The van der Waals surface area contributed by atoms with E-state index in [9.17, 15) is 25.2 Å². The fourth-order valence-electron chi connectivity index (χ4n) is 4.68. The van der Waals surface area contributed by atoms with Gasteiger partial charge in [0.25, 0.3) is 0 Å². The molecule has 0 aliphatic carbocycles. The van der Waals surface area contributed by atoms with Crippen molar-refractivity contribution in [2.75, 3.05) is 6.61 Å². The first-order valence-electron chi connectivity index (χ1n) is 20.5. The van der Waals surface area contributed by atoms with E-state index in [1.54, 1.807) is 0 Å². The van der Waals surface area contributed by atoms with Crippen LogP contribution in [0.25, 0.3) is 0 Å². The maximum absolute atomic E-state index is 12.4. The number of nitrogens with one attached hydrogen (secondary N) is 1. The molecule has 0 radical (unpaired) electrons. The summed E-state index contributed by atoms with van der Waals surface area (Å²) in [6, 6.07) is -1.01. The highest BCUT2D eigenvalue weighted by Crippen LogP contribution is 2.14. The minimum atomic E-state index is -3.33. The van der Waals surface area contributed by atoms with Crippen molar-refractivity contribution in [1.29, 1.82) is 0 Å². The molecule has 238 valence electrons. The number of hydrogen-bond acceptors (Lipinski definition) is 5. The first-order chi connectivity index (χ1) is 22.9. The molecule has 0 rings (SSSR count). The van der Waals surface area contributed by atoms with Crippen LogP contribution in [-0.4, -0.2) is 57.3 Å². The van der Waals surface area contributed by atoms with E-state index < -0.39 is 62.8 Å².